The number of allylic oxidation sites excluding steroid dienone is 3. The van der Waals surface area contributed by atoms with Crippen molar-refractivity contribution in [3.05, 3.63) is 23.3 Å². The van der Waals surface area contributed by atoms with Gasteiger partial charge in [-0.2, -0.15) is 0 Å². The van der Waals surface area contributed by atoms with Crippen LogP contribution in [0.2, 0.25) is 0 Å². The number of hydrogen-bond donors (Lipinski definition) is 2. The summed E-state index contributed by atoms with van der Waals surface area (Å²) in [5.74, 6) is 0. The van der Waals surface area contributed by atoms with Gasteiger partial charge in [0.25, 0.3) is 0 Å². The van der Waals surface area contributed by atoms with Crippen molar-refractivity contribution in [3.8, 4) is 0 Å². The first-order chi connectivity index (χ1) is 6.06. The largest absolute Gasteiger partial charge is 0.388 e. The Morgan fingerprint density at radius 2 is 2.00 bits per heavy atom. The molecule has 0 bridgehead atoms. The van der Waals surface area contributed by atoms with E-state index < -0.39 is 6.10 Å². The predicted molar refractivity (Wildman–Crippen MR) is 57.5 cm³/mol. The molecule has 0 aromatic heterocycles. The molecule has 13 heavy (non-hydrogen) atoms. The van der Waals surface area contributed by atoms with Crippen molar-refractivity contribution in [2.24, 2.45) is 5.73 Å². The lowest BCUT2D eigenvalue weighted by Crippen LogP contribution is -2.17. The zero-order valence-electron chi connectivity index (χ0n) is 8.88. The van der Waals surface area contributed by atoms with Crippen molar-refractivity contribution in [1.82, 2.24) is 0 Å². The van der Waals surface area contributed by atoms with Crippen molar-refractivity contribution in [3.63, 3.8) is 0 Å². The predicted octanol–water partition coefficient (Wildman–Crippen LogP) is 2.00. The Labute approximate surface area is 81.1 Å². The van der Waals surface area contributed by atoms with Gasteiger partial charge in [0.05, 0.1) is 6.10 Å². The Kier molecular flexibility index (Phi) is 6.55. The lowest BCUT2D eigenvalue weighted by Gasteiger charge is -2.03. The highest BCUT2D eigenvalue weighted by molar-refractivity contribution is 5.04. The summed E-state index contributed by atoms with van der Waals surface area (Å²) >= 11 is 0. The van der Waals surface area contributed by atoms with Crippen LogP contribution in [0.4, 0.5) is 0 Å². The molecule has 0 spiro atoms. The lowest BCUT2D eigenvalue weighted by molar-refractivity contribution is 0.230. The highest BCUT2D eigenvalue weighted by atomic mass is 16.3. The van der Waals surface area contributed by atoms with Crippen LogP contribution in [-0.4, -0.2) is 17.8 Å². The van der Waals surface area contributed by atoms with E-state index in [1.54, 1.807) is 0 Å². The zero-order valence-corrected chi connectivity index (χ0v) is 8.88. The molecule has 1 atom stereocenters. The number of aliphatic hydroxyl groups is 1. The molecule has 1 unspecified atom stereocenters. The first kappa shape index (κ1) is 12.4. The first-order valence-electron chi connectivity index (χ1n) is 4.75. The number of aliphatic hydroxyl groups excluding tert-OH is 1. The minimum Gasteiger partial charge on any atom is -0.388 e. The standard InChI is InChI=1S/C11H21NO/c1-9(2)5-4-6-10(3)7-11(13)8-12/h5,7,11,13H,4,6,8,12H2,1-3H3/b10-7+. The van der Waals surface area contributed by atoms with Crippen LogP contribution in [0.5, 0.6) is 0 Å². The summed E-state index contributed by atoms with van der Waals surface area (Å²) in [5, 5.41) is 9.22. The quantitative estimate of drug-likeness (QED) is 0.640. The van der Waals surface area contributed by atoms with Crippen molar-refractivity contribution >= 4 is 0 Å². The van der Waals surface area contributed by atoms with E-state index in [0.29, 0.717) is 6.54 Å². The van der Waals surface area contributed by atoms with Crippen LogP contribution >= 0.6 is 0 Å². The maximum Gasteiger partial charge on any atom is 0.0845 e. The van der Waals surface area contributed by atoms with Gasteiger partial charge in [0, 0.05) is 6.54 Å². The summed E-state index contributed by atoms with van der Waals surface area (Å²) in [4.78, 5) is 0. The zero-order chi connectivity index (χ0) is 10.3. The van der Waals surface area contributed by atoms with Gasteiger partial charge in [-0.1, -0.05) is 23.3 Å². The van der Waals surface area contributed by atoms with Crippen LogP contribution in [0.15, 0.2) is 23.3 Å². The van der Waals surface area contributed by atoms with Crippen molar-refractivity contribution in [2.45, 2.75) is 39.7 Å². The van der Waals surface area contributed by atoms with Crippen LogP contribution in [0.1, 0.15) is 33.6 Å². The Hall–Kier alpha value is -0.600. The molecule has 0 rings (SSSR count). The van der Waals surface area contributed by atoms with Gasteiger partial charge in [0.2, 0.25) is 0 Å². The van der Waals surface area contributed by atoms with E-state index in [9.17, 15) is 5.11 Å². The molecule has 0 aromatic rings. The van der Waals surface area contributed by atoms with E-state index in [1.807, 2.05) is 13.0 Å². The highest BCUT2D eigenvalue weighted by Gasteiger charge is 1.96. The van der Waals surface area contributed by atoms with Gasteiger partial charge < -0.3 is 10.8 Å². The molecule has 0 radical (unpaired) electrons. The van der Waals surface area contributed by atoms with Gasteiger partial charge in [-0.15, -0.1) is 0 Å². The SMILES string of the molecule is CC(C)=CCC/C(C)=C/C(O)CN. The van der Waals surface area contributed by atoms with Crippen LogP contribution < -0.4 is 5.73 Å². The molecule has 76 valence electrons. The topological polar surface area (TPSA) is 46.2 Å². The van der Waals surface area contributed by atoms with Gasteiger partial charge in [-0.25, -0.2) is 0 Å². The van der Waals surface area contributed by atoms with E-state index in [1.165, 1.54) is 11.1 Å². The number of hydrogen-bond acceptors (Lipinski definition) is 2. The molecule has 0 fully saturated rings. The van der Waals surface area contributed by atoms with Gasteiger partial charge in [-0.05, 0) is 33.6 Å². The van der Waals surface area contributed by atoms with Gasteiger partial charge >= 0.3 is 0 Å². The second-order valence-electron chi connectivity index (χ2n) is 3.64. The third-order valence-electron chi connectivity index (χ3n) is 1.81. The normalized spacial score (nSPS) is 14.1. The molecular weight excluding hydrogens is 162 g/mol. The van der Waals surface area contributed by atoms with Crippen molar-refractivity contribution in [2.75, 3.05) is 6.54 Å². The maximum atomic E-state index is 9.22. The summed E-state index contributed by atoms with van der Waals surface area (Å²) in [6.07, 6.45) is 5.60. The fraction of sp³-hybridized carbons (Fsp3) is 0.636. The summed E-state index contributed by atoms with van der Waals surface area (Å²) in [6.45, 7) is 6.51. The molecule has 2 nitrogen and oxygen atoms in total. The smallest absolute Gasteiger partial charge is 0.0845 e. The molecule has 0 amide bonds. The molecule has 0 aromatic carbocycles. The fourth-order valence-corrected chi connectivity index (χ4v) is 1.07. The monoisotopic (exact) mass is 183 g/mol. The first-order valence-corrected chi connectivity index (χ1v) is 4.75. The summed E-state index contributed by atoms with van der Waals surface area (Å²) in [5.41, 5.74) is 7.83. The Bertz CT molecular complexity index is 190. The third-order valence-corrected chi connectivity index (χ3v) is 1.81. The molecule has 0 aliphatic heterocycles. The molecule has 0 aliphatic rings. The third kappa shape index (κ3) is 7.75. The number of rotatable bonds is 5. The van der Waals surface area contributed by atoms with E-state index in [2.05, 4.69) is 19.9 Å². The van der Waals surface area contributed by atoms with E-state index in [0.717, 1.165) is 12.8 Å². The molecular formula is C11H21NO. The fourth-order valence-electron chi connectivity index (χ4n) is 1.07. The van der Waals surface area contributed by atoms with Crippen LogP contribution in [-0.2, 0) is 0 Å². The lowest BCUT2D eigenvalue weighted by atomic mass is 10.1. The Balaban J connectivity index is 3.80. The van der Waals surface area contributed by atoms with E-state index in [4.69, 9.17) is 5.73 Å². The minimum atomic E-state index is -0.480. The average molecular weight is 183 g/mol. The Morgan fingerprint density at radius 1 is 1.38 bits per heavy atom. The molecule has 0 aliphatic carbocycles. The molecule has 0 saturated carbocycles. The molecule has 3 N–H and O–H groups in total. The van der Waals surface area contributed by atoms with Crippen LogP contribution in [0, 0.1) is 0 Å². The maximum absolute atomic E-state index is 9.22. The Morgan fingerprint density at radius 3 is 2.46 bits per heavy atom. The van der Waals surface area contributed by atoms with Crippen molar-refractivity contribution < 1.29 is 5.11 Å². The molecule has 0 heterocycles. The van der Waals surface area contributed by atoms with E-state index >= 15 is 0 Å². The van der Waals surface area contributed by atoms with Gasteiger partial charge in [0.1, 0.15) is 0 Å². The van der Waals surface area contributed by atoms with Crippen LogP contribution in [0.3, 0.4) is 0 Å². The summed E-state index contributed by atoms with van der Waals surface area (Å²) in [6, 6.07) is 0. The number of nitrogens with two attached hydrogens (primary N) is 1. The molecule has 2 heteroatoms. The van der Waals surface area contributed by atoms with Crippen molar-refractivity contribution in [1.29, 1.82) is 0 Å². The van der Waals surface area contributed by atoms with E-state index in [-0.39, 0.29) is 0 Å². The highest BCUT2D eigenvalue weighted by Crippen LogP contribution is 2.07. The average Bonchev–Trinajstić information content (AvgIpc) is 2.03. The summed E-state index contributed by atoms with van der Waals surface area (Å²) in [7, 11) is 0. The molecule has 0 saturated heterocycles. The minimum absolute atomic E-state index is 0.306. The second kappa shape index (κ2) is 6.87. The van der Waals surface area contributed by atoms with Gasteiger partial charge in [0.15, 0.2) is 0 Å². The summed E-state index contributed by atoms with van der Waals surface area (Å²) < 4.78 is 0. The van der Waals surface area contributed by atoms with Crippen LogP contribution in [0.25, 0.3) is 0 Å². The van der Waals surface area contributed by atoms with Gasteiger partial charge in [-0.3, -0.25) is 0 Å². The second-order valence-corrected chi connectivity index (χ2v) is 3.64.